The molecule has 0 bridgehead atoms. The lowest BCUT2D eigenvalue weighted by Crippen LogP contribution is -2.23. The van der Waals surface area contributed by atoms with E-state index in [2.05, 4.69) is 18.3 Å². The molecule has 0 aromatic heterocycles. The minimum atomic E-state index is 0.521. The van der Waals surface area contributed by atoms with E-state index in [0.717, 1.165) is 31.2 Å². The van der Waals surface area contributed by atoms with Crippen molar-refractivity contribution in [3.05, 3.63) is 23.8 Å². The van der Waals surface area contributed by atoms with E-state index in [1.165, 1.54) is 5.56 Å². The lowest BCUT2D eigenvalue weighted by atomic mass is 10.1. The molecule has 0 saturated carbocycles. The highest BCUT2D eigenvalue weighted by Gasteiger charge is 2.11. The van der Waals surface area contributed by atoms with Crippen molar-refractivity contribution in [2.24, 2.45) is 5.92 Å². The predicted octanol–water partition coefficient (Wildman–Crippen LogP) is 1.83. The van der Waals surface area contributed by atoms with Gasteiger partial charge in [-0.25, -0.2) is 0 Å². The minimum Gasteiger partial charge on any atom is -0.486 e. The highest BCUT2D eigenvalue weighted by molar-refractivity contribution is 5.43. The zero-order valence-electron chi connectivity index (χ0n) is 11.1. The van der Waals surface area contributed by atoms with Crippen LogP contribution in [0.25, 0.3) is 0 Å². The maximum absolute atomic E-state index is 5.56. The summed E-state index contributed by atoms with van der Waals surface area (Å²) in [5, 5.41) is 3.42. The van der Waals surface area contributed by atoms with Crippen LogP contribution in [0.5, 0.6) is 11.5 Å². The molecular weight excluding hydrogens is 230 g/mol. The van der Waals surface area contributed by atoms with E-state index in [1.54, 1.807) is 7.11 Å². The van der Waals surface area contributed by atoms with E-state index in [1.807, 2.05) is 12.1 Å². The fraction of sp³-hybridized carbons (Fsp3) is 0.571. The van der Waals surface area contributed by atoms with Crippen molar-refractivity contribution >= 4 is 0 Å². The number of ether oxygens (including phenoxy) is 3. The summed E-state index contributed by atoms with van der Waals surface area (Å²) in [6, 6.07) is 6.09. The molecule has 0 saturated heterocycles. The molecule has 1 unspecified atom stereocenters. The van der Waals surface area contributed by atoms with Gasteiger partial charge in [-0.3, -0.25) is 0 Å². The number of benzene rings is 1. The van der Waals surface area contributed by atoms with Gasteiger partial charge < -0.3 is 19.5 Å². The number of nitrogens with one attached hydrogen (secondary N) is 1. The van der Waals surface area contributed by atoms with Crippen LogP contribution in [0.4, 0.5) is 0 Å². The number of rotatable bonds is 6. The third kappa shape index (κ3) is 3.62. The zero-order valence-corrected chi connectivity index (χ0v) is 11.1. The largest absolute Gasteiger partial charge is 0.486 e. The van der Waals surface area contributed by atoms with Crippen LogP contribution in [0, 0.1) is 5.92 Å². The van der Waals surface area contributed by atoms with Crippen molar-refractivity contribution in [2.75, 3.05) is 33.5 Å². The maximum Gasteiger partial charge on any atom is 0.161 e. The molecular formula is C14H21NO3. The molecule has 1 N–H and O–H groups in total. The summed E-state index contributed by atoms with van der Waals surface area (Å²) < 4.78 is 16.2. The van der Waals surface area contributed by atoms with E-state index in [-0.39, 0.29) is 0 Å². The Labute approximate surface area is 108 Å². The predicted molar refractivity (Wildman–Crippen MR) is 70.2 cm³/mol. The number of hydrogen-bond donors (Lipinski definition) is 1. The summed E-state index contributed by atoms with van der Waals surface area (Å²) >= 11 is 0. The summed E-state index contributed by atoms with van der Waals surface area (Å²) in [4.78, 5) is 0. The van der Waals surface area contributed by atoms with Crippen molar-refractivity contribution in [1.82, 2.24) is 5.32 Å². The molecule has 4 nitrogen and oxygen atoms in total. The molecule has 0 fully saturated rings. The van der Waals surface area contributed by atoms with Gasteiger partial charge in [0.15, 0.2) is 11.5 Å². The monoisotopic (exact) mass is 251 g/mol. The Kier molecular flexibility index (Phi) is 4.84. The Morgan fingerprint density at radius 2 is 2.06 bits per heavy atom. The van der Waals surface area contributed by atoms with Gasteiger partial charge in [0.2, 0.25) is 0 Å². The fourth-order valence-corrected chi connectivity index (χ4v) is 2.00. The van der Waals surface area contributed by atoms with E-state index in [9.17, 15) is 0 Å². The molecule has 1 aliphatic rings. The summed E-state index contributed by atoms with van der Waals surface area (Å²) in [5.74, 6) is 2.22. The first kappa shape index (κ1) is 13.2. The minimum absolute atomic E-state index is 0.521. The van der Waals surface area contributed by atoms with Crippen molar-refractivity contribution in [3.8, 4) is 11.5 Å². The molecule has 1 atom stereocenters. The normalized spacial score (nSPS) is 15.4. The van der Waals surface area contributed by atoms with Gasteiger partial charge in [0.25, 0.3) is 0 Å². The molecule has 0 radical (unpaired) electrons. The Morgan fingerprint density at radius 1 is 1.28 bits per heavy atom. The van der Waals surface area contributed by atoms with Crippen molar-refractivity contribution in [2.45, 2.75) is 13.5 Å². The third-order valence-electron chi connectivity index (χ3n) is 2.88. The molecule has 4 heteroatoms. The number of fused-ring (bicyclic) bond motifs is 1. The van der Waals surface area contributed by atoms with Crippen LogP contribution in [0.2, 0.25) is 0 Å². The van der Waals surface area contributed by atoms with Gasteiger partial charge in [0.05, 0.1) is 0 Å². The number of hydrogen-bond acceptors (Lipinski definition) is 4. The molecule has 1 aliphatic heterocycles. The quantitative estimate of drug-likeness (QED) is 0.837. The smallest absolute Gasteiger partial charge is 0.161 e. The van der Waals surface area contributed by atoms with Gasteiger partial charge in [0.1, 0.15) is 13.2 Å². The molecule has 0 aliphatic carbocycles. The van der Waals surface area contributed by atoms with E-state index < -0.39 is 0 Å². The molecule has 100 valence electrons. The van der Waals surface area contributed by atoms with Crippen LogP contribution in [0.1, 0.15) is 12.5 Å². The molecule has 0 spiro atoms. The first-order valence-electron chi connectivity index (χ1n) is 6.38. The summed E-state index contributed by atoms with van der Waals surface area (Å²) in [6.07, 6.45) is 0. The first-order valence-corrected chi connectivity index (χ1v) is 6.38. The Hall–Kier alpha value is -1.26. The molecule has 1 heterocycles. The third-order valence-corrected chi connectivity index (χ3v) is 2.88. The van der Waals surface area contributed by atoms with E-state index >= 15 is 0 Å². The van der Waals surface area contributed by atoms with Crippen LogP contribution in [0.15, 0.2) is 18.2 Å². The van der Waals surface area contributed by atoms with Crippen molar-refractivity contribution < 1.29 is 14.2 Å². The van der Waals surface area contributed by atoms with Gasteiger partial charge in [-0.2, -0.15) is 0 Å². The molecule has 1 aromatic carbocycles. The van der Waals surface area contributed by atoms with E-state index in [0.29, 0.717) is 19.1 Å². The van der Waals surface area contributed by atoms with Gasteiger partial charge in [-0.05, 0) is 23.6 Å². The van der Waals surface area contributed by atoms with Crippen LogP contribution in [-0.4, -0.2) is 33.5 Å². The lowest BCUT2D eigenvalue weighted by molar-refractivity contribution is 0.158. The molecule has 0 amide bonds. The summed E-state index contributed by atoms with van der Waals surface area (Å²) in [7, 11) is 1.73. The topological polar surface area (TPSA) is 39.7 Å². The van der Waals surface area contributed by atoms with Gasteiger partial charge >= 0.3 is 0 Å². The summed E-state index contributed by atoms with van der Waals surface area (Å²) in [5.41, 5.74) is 1.21. The van der Waals surface area contributed by atoms with Crippen LogP contribution in [0.3, 0.4) is 0 Å². The second kappa shape index (κ2) is 6.61. The first-order chi connectivity index (χ1) is 8.79. The Bertz CT molecular complexity index is 381. The fourth-order valence-electron chi connectivity index (χ4n) is 2.00. The van der Waals surface area contributed by atoms with Crippen molar-refractivity contribution in [1.29, 1.82) is 0 Å². The van der Waals surface area contributed by atoms with Crippen LogP contribution in [-0.2, 0) is 11.3 Å². The SMILES string of the molecule is COCC(C)CNCc1ccc2c(c1)OCCO2. The van der Waals surface area contributed by atoms with Gasteiger partial charge in [-0.1, -0.05) is 13.0 Å². The highest BCUT2D eigenvalue weighted by Crippen LogP contribution is 2.30. The van der Waals surface area contributed by atoms with Crippen LogP contribution < -0.4 is 14.8 Å². The van der Waals surface area contributed by atoms with Crippen LogP contribution >= 0.6 is 0 Å². The lowest BCUT2D eigenvalue weighted by Gasteiger charge is -2.19. The standard InChI is InChI=1S/C14H21NO3/c1-11(10-16-2)8-15-9-12-3-4-13-14(7-12)18-6-5-17-13/h3-4,7,11,15H,5-6,8-10H2,1-2H3. The Balaban J connectivity index is 1.82. The molecule has 18 heavy (non-hydrogen) atoms. The molecule has 1 aromatic rings. The average Bonchev–Trinajstić information content (AvgIpc) is 2.39. The zero-order chi connectivity index (χ0) is 12.8. The van der Waals surface area contributed by atoms with Crippen molar-refractivity contribution in [3.63, 3.8) is 0 Å². The second-order valence-corrected chi connectivity index (χ2v) is 4.67. The highest BCUT2D eigenvalue weighted by atomic mass is 16.6. The Morgan fingerprint density at radius 3 is 2.83 bits per heavy atom. The average molecular weight is 251 g/mol. The summed E-state index contributed by atoms with van der Waals surface area (Å²) in [6.45, 7) is 6.01. The molecule has 2 rings (SSSR count). The van der Waals surface area contributed by atoms with Gasteiger partial charge in [-0.15, -0.1) is 0 Å². The van der Waals surface area contributed by atoms with Gasteiger partial charge in [0, 0.05) is 26.8 Å². The second-order valence-electron chi connectivity index (χ2n) is 4.67. The maximum atomic E-state index is 5.56. The van der Waals surface area contributed by atoms with E-state index in [4.69, 9.17) is 14.2 Å². The number of methoxy groups -OCH3 is 1.